The number of hydrogen-bond acceptors (Lipinski definition) is 4. The minimum Gasteiger partial charge on any atom is -0.351 e. The van der Waals surface area contributed by atoms with Gasteiger partial charge in [0.15, 0.2) is 0 Å². The van der Waals surface area contributed by atoms with Crippen LogP contribution in [0, 0.1) is 15.9 Å². The molecule has 0 atom stereocenters. The molecule has 1 aromatic rings. The Morgan fingerprint density at radius 1 is 1.44 bits per heavy atom. The van der Waals surface area contributed by atoms with Gasteiger partial charge in [-0.25, -0.2) is 4.39 Å². The molecular weight excluding hydrogens is 241 g/mol. The maximum Gasteiger partial charge on any atom is 0.270 e. The van der Waals surface area contributed by atoms with E-state index in [-0.39, 0.29) is 11.3 Å². The molecule has 0 aliphatic rings. The van der Waals surface area contributed by atoms with Gasteiger partial charge in [0.25, 0.3) is 11.6 Å². The summed E-state index contributed by atoms with van der Waals surface area (Å²) in [6.45, 7) is 3.57. The minimum atomic E-state index is -0.776. The Bertz CT molecular complexity index is 451. The van der Waals surface area contributed by atoms with Gasteiger partial charge in [0.2, 0.25) is 0 Å². The monoisotopic (exact) mass is 255 g/mol. The number of nitro benzene ring substituents is 1. The highest BCUT2D eigenvalue weighted by Crippen LogP contribution is 2.16. The number of nitro groups is 1. The smallest absolute Gasteiger partial charge is 0.270 e. The number of hydrogen-bond donors (Lipinski definition) is 2. The second-order valence-corrected chi connectivity index (χ2v) is 3.53. The Morgan fingerprint density at radius 2 is 2.17 bits per heavy atom. The van der Waals surface area contributed by atoms with E-state index in [9.17, 15) is 19.3 Å². The summed E-state index contributed by atoms with van der Waals surface area (Å²) in [4.78, 5) is 21.5. The number of rotatable bonds is 6. The third-order valence-electron chi connectivity index (χ3n) is 2.24. The van der Waals surface area contributed by atoms with Crippen LogP contribution in [0.3, 0.4) is 0 Å². The van der Waals surface area contributed by atoms with E-state index in [2.05, 4.69) is 10.6 Å². The lowest BCUT2D eigenvalue weighted by molar-refractivity contribution is -0.384. The predicted octanol–water partition coefficient (Wildman–Crippen LogP) is 1.07. The Morgan fingerprint density at radius 3 is 2.78 bits per heavy atom. The highest BCUT2D eigenvalue weighted by molar-refractivity contribution is 5.95. The van der Waals surface area contributed by atoms with E-state index in [0.717, 1.165) is 24.7 Å². The standard InChI is InChI=1S/C11H14FN3O3/c1-2-13-5-6-14-11(16)9-7-8(15(17)18)3-4-10(9)12/h3-4,7,13H,2,5-6H2,1H3,(H,14,16). The van der Waals surface area contributed by atoms with Crippen molar-refractivity contribution in [2.75, 3.05) is 19.6 Å². The Labute approximate surface area is 103 Å². The molecule has 0 aliphatic heterocycles. The molecule has 0 saturated carbocycles. The van der Waals surface area contributed by atoms with Crippen molar-refractivity contribution in [3.8, 4) is 0 Å². The van der Waals surface area contributed by atoms with Crippen LogP contribution >= 0.6 is 0 Å². The maximum atomic E-state index is 13.4. The molecule has 0 aliphatic carbocycles. The Kier molecular flexibility index (Phi) is 5.19. The molecule has 0 unspecified atom stereocenters. The molecule has 1 aromatic carbocycles. The van der Waals surface area contributed by atoms with Gasteiger partial charge in [-0.1, -0.05) is 6.92 Å². The minimum absolute atomic E-state index is 0.312. The van der Waals surface area contributed by atoms with E-state index in [4.69, 9.17) is 0 Å². The molecule has 1 rings (SSSR count). The summed E-state index contributed by atoms with van der Waals surface area (Å²) in [5, 5.41) is 16.0. The van der Waals surface area contributed by atoms with Crippen LogP contribution in [0.25, 0.3) is 0 Å². The number of nitrogens with zero attached hydrogens (tertiary/aromatic N) is 1. The number of nitrogens with one attached hydrogen (secondary N) is 2. The number of carbonyl (C=O) groups is 1. The van der Waals surface area contributed by atoms with Crippen LogP contribution in [-0.2, 0) is 0 Å². The second kappa shape index (κ2) is 6.65. The molecule has 2 N–H and O–H groups in total. The topological polar surface area (TPSA) is 84.3 Å². The Hall–Kier alpha value is -2.02. The fourth-order valence-electron chi connectivity index (χ4n) is 1.34. The first-order valence-corrected chi connectivity index (χ1v) is 5.49. The number of likely N-dealkylation sites (N-methyl/N-ethyl adjacent to an activating group) is 1. The predicted molar refractivity (Wildman–Crippen MR) is 63.9 cm³/mol. The zero-order chi connectivity index (χ0) is 13.5. The third kappa shape index (κ3) is 3.77. The van der Waals surface area contributed by atoms with Crippen molar-refractivity contribution in [1.29, 1.82) is 0 Å². The van der Waals surface area contributed by atoms with Gasteiger partial charge in [-0.05, 0) is 12.6 Å². The molecule has 0 radical (unpaired) electrons. The zero-order valence-corrected chi connectivity index (χ0v) is 9.90. The lowest BCUT2D eigenvalue weighted by atomic mass is 10.1. The summed E-state index contributed by atoms with van der Waals surface area (Å²) in [6, 6.07) is 2.86. The van der Waals surface area contributed by atoms with Crippen LogP contribution in [0.2, 0.25) is 0 Å². The van der Waals surface area contributed by atoms with E-state index < -0.39 is 16.6 Å². The molecular formula is C11H14FN3O3. The van der Waals surface area contributed by atoms with Gasteiger partial charge < -0.3 is 10.6 Å². The van der Waals surface area contributed by atoms with Gasteiger partial charge >= 0.3 is 0 Å². The quantitative estimate of drug-likeness (QED) is 0.452. The molecule has 1 amide bonds. The summed E-state index contributed by atoms with van der Waals surface area (Å²) in [7, 11) is 0. The summed E-state index contributed by atoms with van der Waals surface area (Å²) >= 11 is 0. The number of carbonyl (C=O) groups excluding carboxylic acids is 1. The summed E-state index contributed by atoms with van der Waals surface area (Å²) in [6.07, 6.45) is 0. The average Bonchev–Trinajstić information content (AvgIpc) is 2.34. The van der Waals surface area contributed by atoms with Crippen LogP contribution < -0.4 is 10.6 Å². The lowest BCUT2D eigenvalue weighted by Crippen LogP contribution is -2.32. The molecule has 0 bridgehead atoms. The van der Waals surface area contributed by atoms with E-state index in [1.54, 1.807) is 0 Å². The van der Waals surface area contributed by atoms with Gasteiger partial charge in [-0.3, -0.25) is 14.9 Å². The molecule has 0 aromatic heterocycles. The molecule has 0 saturated heterocycles. The van der Waals surface area contributed by atoms with Crippen LogP contribution in [0.1, 0.15) is 17.3 Å². The fourth-order valence-corrected chi connectivity index (χ4v) is 1.34. The normalized spacial score (nSPS) is 10.1. The van der Waals surface area contributed by atoms with Gasteiger partial charge in [0.05, 0.1) is 10.5 Å². The summed E-state index contributed by atoms with van der Waals surface area (Å²) < 4.78 is 13.4. The van der Waals surface area contributed by atoms with Crippen molar-refractivity contribution in [2.24, 2.45) is 0 Å². The van der Waals surface area contributed by atoms with Crippen molar-refractivity contribution in [2.45, 2.75) is 6.92 Å². The number of amides is 1. The molecule has 0 fully saturated rings. The van der Waals surface area contributed by atoms with Gasteiger partial charge in [-0.2, -0.15) is 0 Å². The number of halogens is 1. The molecule has 0 heterocycles. The third-order valence-corrected chi connectivity index (χ3v) is 2.24. The average molecular weight is 255 g/mol. The van der Waals surface area contributed by atoms with E-state index in [0.29, 0.717) is 13.1 Å². The molecule has 18 heavy (non-hydrogen) atoms. The van der Waals surface area contributed by atoms with Gasteiger partial charge in [0, 0.05) is 25.2 Å². The molecule has 98 valence electrons. The highest BCUT2D eigenvalue weighted by Gasteiger charge is 2.16. The van der Waals surface area contributed by atoms with Crippen LogP contribution in [0.4, 0.5) is 10.1 Å². The number of non-ortho nitro benzene ring substituents is 1. The first kappa shape index (κ1) is 14.0. The van der Waals surface area contributed by atoms with Crippen LogP contribution in [-0.4, -0.2) is 30.5 Å². The van der Waals surface area contributed by atoms with Crippen molar-refractivity contribution in [1.82, 2.24) is 10.6 Å². The zero-order valence-electron chi connectivity index (χ0n) is 9.90. The lowest BCUT2D eigenvalue weighted by Gasteiger charge is -2.06. The van der Waals surface area contributed by atoms with E-state index >= 15 is 0 Å². The fraction of sp³-hybridized carbons (Fsp3) is 0.364. The maximum absolute atomic E-state index is 13.4. The molecule has 7 heteroatoms. The van der Waals surface area contributed by atoms with E-state index in [1.807, 2.05) is 6.92 Å². The van der Waals surface area contributed by atoms with Crippen LogP contribution in [0.15, 0.2) is 18.2 Å². The second-order valence-electron chi connectivity index (χ2n) is 3.53. The first-order valence-electron chi connectivity index (χ1n) is 5.49. The number of benzene rings is 1. The van der Waals surface area contributed by atoms with Gasteiger partial charge in [0.1, 0.15) is 5.82 Å². The van der Waals surface area contributed by atoms with Crippen molar-refractivity contribution in [3.63, 3.8) is 0 Å². The van der Waals surface area contributed by atoms with Gasteiger partial charge in [-0.15, -0.1) is 0 Å². The van der Waals surface area contributed by atoms with Crippen molar-refractivity contribution >= 4 is 11.6 Å². The van der Waals surface area contributed by atoms with E-state index in [1.165, 1.54) is 0 Å². The molecule has 6 nitrogen and oxygen atoms in total. The molecule has 0 spiro atoms. The largest absolute Gasteiger partial charge is 0.351 e. The van der Waals surface area contributed by atoms with Crippen LogP contribution in [0.5, 0.6) is 0 Å². The summed E-state index contributed by atoms with van der Waals surface area (Å²) in [5.41, 5.74) is -0.631. The van der Waals surface area contributed by atoms with Crippen molar-refractivity contribution in [3.05, 3.63) is 39.7 Å². The SMILES string of the molecule is CCNCCNC(=O)c1cc([N+](=O)[O-])ccc1F. The Balaban J connectivity index is 2.72. The van der Waals surface area contributed by atoms with Crippen molar-refractivity contribution < 1.29 is 14.1 Å². The first-order chi connectivity index (χ1) is 8.56. The summed E-state index contributed by atoms with van der Waals surface area (Å²) in [5.74, 6) is -1.43. The highest BCUT2D eigenvalue weighted by atomic mass is 19.1.